The molecular weight excluding hydrogens is 322 g/mol. The van der Waals surface area contributed by atoms with Crippen LogP contribution < -0.4 is 0 Å². The van der Waals surface area contributed by atoms with Crippen LogP contribution in [0.3, 0.4) is 0 Å². The number of carbonyl (C=O) groups is 2. The largest absolute Gasteiger partial charge is 0.411 e. The second-order valence-electron chi connectivity index (χ2n) is 4.39. The Bertz CT molecular complexity index is 867. The van der Waals surface area contributed by atoms with Crippen LogP contribution in [0.2, 0.25) is 0 Å². The number of carbonyl (C=O) groups excluding carboxylic acids is 2. The van der Waals surface area contributed by atoms with Gasteiger partial charge in [0.25, 0.3) is 10.9 Å². The summed E-state index contributed by atoms with van der Waals surface area (Å²) in [5, 5.41) is 18.3. The molecule has 0 spiro atoms. The highest BCUT2D eigenvalue weighted by atomic mass is 32.2. The topological polar surface area (TPSA) is 116 Å². The van der Waals surface area contributed by atoms with Crippen molar-refractivity contribution in [2.75, 3.05) is 0 Å². The lowest BCUT2D eigenvalue weighted by Crippen LogP contribution is -2.04. The van der Waals surface area contributed by atoms with Crippen LogP contribution in [0.25, 0.3) is 11.5 Å². The number of nitrogens with zero attached hydrogens (tertiary/aromatic N) is 3. The van der Waals surface area contributed by atoms with Gasteiger partial charge < -0.3 is 4.42 Å². The number of benzene rings is 1. The molecule has 0 saturated carbocycles. The smallest absolute Gasteiger partial charge is 0.281 e. The molecule has 0 atom stereocenters. The van der Waals surface area contributed by atoms with Crippen molar-refractivity contribution in [3.8, 4) is 11.5 Å². The first-order valence-corrected chi connectivity index (χ1v) is 7.09. The number of nitro groups is 1. The third-order valence-corrected chi connectivity index (χ3v) is 3.72. The van der Waals surface area contributed by atoms with Gasteiger partial charge in [-0.25, -0.2) is 0 Å². The van der Waals surface area contributed by atoms with E-state index in [0.29, 0.717) is 5.56 Å². The van der Waals surface area contributed by atoms with Crippen molar-refractivity contribution in [3.63, 3.8) is 0 Å². The number of hydrogen-bond acceptors (Lipinski definition) is 8. The lowest BCUT2D eigenvalue weighted by atomic mass is 10.2. The molecule has 8 nitrogen and oxygen atoms in total. The molecule has 1 aliphatic rings. The molecule has 0 bridgehead atoms. The van der Waals surface area contributed by atoms with Gasteiger partial charge in [0.2, 0.25) is 5.89 Å². The average Bonchev–Trinajstić information content (AvgIpc) is 2.99. The van der Waals surface area contributed by atoms with Gasteiger partial charge in [-0.2, -0.15) is 0 Å². The van der Waals surface area contributed by atoms with Gasteiger partial charge >= 0.3 is 0 Å². The van der Waals surface area contributed by atoms with E-state index in [2.05, 4.69) is 10.2 Å². The number of aromatic nitrogens is 2. The lowest BCUT2D eigenvalue weighted by Gasteiger charge is -2.02. The third kappa shape index (κ3) is 3.24. The van der Waals surface area contributed by atoms with Gasteiger partial charge in [0.15, 0.2) is 11.6 Å². The Kier molecular flexibility index (Phi) is 3.85. The molecule has 0 N–H and O–H groups in total. The molecular formula is C14H7N3O5S. The lowest BCUT2D eigenvalue weighted by molar-refractivity contribution is -0.384. The van der Waals surface area contributed by atoms with Crippen LogP contribution in [0, 0.1) is 10.1 Å². The molecule has 23 heavy (non-hydrogen) atoms. The number of non-ortho nitro benzene ring substituents is 1. The predicted octanol–water partition coefficient (Wildman–Crippen LogP) is 2.33. The zero-order valence-electron chi connectivity index (χ0n) is 11.3. The molecule has 0 unspecified atom stereocenters. The molecule has 1 aromatic carbocycles. The Labute approximate surface area is 133 Å². The summed E-state index contributed by atoms with van der Waals surface area (Å²) < 4.78 is 5.40. The SMILES string of the molecule is O=C1C=CC(=O)C(Sc2nnc(-c3ccc([N+](=O)[O-])cc3)o2)=C1. The molecule has 9 heteroatoms. The van der Waals surface area contributed by atoms with Crippen molar-refractivity contribution in [1.82, 2.24) is 10.2 Å². The first-order chi connectivity index (χ1) is 11.0. The monoisotopic (exact) mass is 329 g/mol. The number of ketones is 2. The number of hydrogen-bond donors (Lipinski definition) is 0. The van der Waals surface area contributed by atoms with Crippen LogP contribution in [0.4, 0.5) is 5.69 Å². The second-order valence-corrected chi connectivity index (χ2v) is 5.38. The van der Waals surface area contributed by atoms with E-state index in [1.165, 1.54) is 42.5 Å². The maximum Gasteiger partial charge on any atom is 0.281 e. The summed E-state index contributed by atoms with van der Waals surface area (Å²) in [6, 6.07) is 5.61. The molecule has 0 aliphatic heterocycles. The molecule has 114 valence electrons. The number of thioether (sulfide) groups is 1. The maximum absolute atomic E-state index is 11.6. The van der Waals surface area contributed by atoms with E-state index in [4.69, 9.17) is 4.42 Å². The summed E-state index contributed by atoms with van der Waals surface area (Å²) >= 11 is 0.891. The predicted molar refractivity (Wildman–Crippen MR) is 79.5 cm³/mol. The van der Waals surface area contributed by atoms with Crippen molar-refractivity contribution in [1.29, 1.82) is 0 Å². The maximum atomic E-state index is 11.6. The summed E-state index contributed by atoms with van der Waals surface area (Å²) in [5.41, 5.74) is 0.459. The summed E-state index contributed by atoms with van der Waals surface area (Å²) in [6.45, 7) is 0. The van der Waals surface area contributed by atoms with Crippen LogP contribution in [0.1, 0.15) is 0 Å². The van der Waals surface area contributed by atoms with Crippen LogP contribution >= 0.6 is 11.8 Å². The van der Waals surface area contributed by atoms with Crippen molar-refractivity contribution in [3.05, 3.63) is 57.5 Å². The molecule has 0 saturated heterocycles. The number of allylic oxidation sites excluding steroid dienone is 4. The normalized spacial score (nSPS) is 14.0. The van der Waals surface area contributed by atoms with E-state index in [1.807, 2.05) is 0 Å². The van der Waals surface area contributed by atoms with E-state index < -0.39 is 4.92 Å². The Balaban J connectivity index is 1.79. The Morgan fingerprint density at radius 3 is 2.52 bits per heavy atom. The van der Waals surface area contributed by atoms with Crippen LogP contribution in [0.5, 0.6) is 0 Å². The number of rotatable bonds is 4. The van der Waals surface area contributed by atoms with E-state index in [-0.39, 0.29) is 33.3 Å². The van der Waals surface area contributed by atoms with Gasteiger partial charge in [0.1, 0.15) is 0 Å². The quantitative estimate of drug-likeness (QED) is 0.476. The standard InChI is InChI=1S/C14H7N3O5S/c18-10-5-6-11(19)12(7-10)23-14-16-15-13(22-14)8-1-3-9(4-2-8)17(20)21/h1-7H. The zero-order valence-corrected chi connectivity index (χ0v) is 12.1. The zero-order chi connectivity index (χ0) is 16.4. The minimum atomic E-state index is -0.509. The van der Waals surface area contributed by atoms with Gasteiger partial charge in [-0.15, -0.1) is 10.2 Å². The van der Waals surface area contributed by atoms with E-state index in [1.54, 1.807) is 0 Å². The first-order valence-electron chi connectivity index (χ1n) is 6.27. The minimum Gasteiger partial charge on any atom is -0.411 e. The fourth-order valence-corrected chi connectivity index (χ4v) is 2.49. The van der Waals surface area contributed by atoms with Crippen molar-refractivity contribution < 1.29 is 18.9 Å². The first kappa shape index (κ1) is 14.9. The minimum absolute atomic E-state index is 0.0499. The van der Waals surface area contributed by atoms with Crippen molar-refractivity contribution in [2.45, 2.75) is 5.22 Å². The summed E-state index contributed by atoms with van der Waals surface area (Å²) in [5.74, 6) is -0.444. The van der Waals surface area contributed by atoms with Crippen molar-refractivity contribution >= 4 is 29.0 Å². The fourth-order valence-electron chi connectivity index (χ4n) is 1.76. The van der Waals surface area contributed by atoms with E-state index in [9.17, 15) is 19.7 Å². The molecule has 0 fully saturated rings. The van der Waals surface area contributed by atoms with E-state index in [0.717, 1.165) is 11.8 Å². The third-order valence-electron chi connectivity index (χ3n) is 2.84. The van der Waals surface area contributed by atoms with Gasteiger partial charge in [-0.3, -0.25) is 19.7 Å². The van der Waals surface area contributed by atoms with E-state index >= 15 is 0 Å². The highest BCUT2D eigenvalue weighted by molar-refractivity contribution is 8.03. The Morgan fingerprint density at radius 2 is 1.83 bits per heavy atom. The molecule has 0 radical (unpaired) electrons. The van der Waals surface area contributed by atoms with Crippen molar-refractivity contribution in [2.24, 2.45) is 0 Å². The molecule has 1 aliphatic carbocycles. The number of nitro benzene ring substituents is 1. The fraction of sp³-hybridized carbons (Fsp3) is 0. The Morgan fingerprint density at radius 1 is 1.09 bits per heavy atom. The molecule has 1 heterocycles. The Hall–Kier alpha value is -3.07. The highest BCUT2D eigenvalue weighted by Gasteiger charge is 2.18. The summed E-state index contributed by atoms with van der Waals surface area (Å²) in [7, 11) is 0. The van der Waals surface area contributed by atoms with Crippen LogP contribution in [-0.2, 0) is 9.59 Å². The van der Waals surface area contributed by atoms with Crippen LogP contribution in [0.15, 0.2) is 57.0 Å². The molecule has 3 rings (SSSR count). The van der Waals surface area contributed by atoms with Crippen LogP contribution in [-0.4, -0.2) is 26.7 Å². The second kappa shape index (κ2) is 5.97. The van der Waals surface area contributed by atoms with Gasteiger partial charge in [0, 0.05) is 23.8 Å². The molecule has 0 amide bonds. The van der Waals surface area contributed by atoms with Gasteiger partial charge in [0.05, 0.1) is 9.83 Å². The van der Waals surface area contributed by atoms with Gasteiger partial charge in [-0.1, -0.05) is 0 Å². The van der Waals surface area contributed by atoms with Gasteiger partial charge in [-0.05, 0) is 36.0 Å². The molecule has 2 aromatic rings. The highest BCUT2D eigenvalue weighted by Crippen LogP contribution is 2.30. The average molecular weight is 329 g/mol. The summed E-state index contributed by atoms with van der Waals surface area (Å²) in [6.07, 6.45) is 3.56. The summed E-state index contributed by atoms with van der Waals surface area (Å²) in [4.78, 5) is 33.2. The molecule has 1 aromatic heterocycles.